The van der Waals surface area contributed by atoms with Crippen LogP contribution in [0.1, 0.15) is 71.6 Å². The topological polar surface area (TPSA) is 29.1 Å². The summed E-state index contributed by atoms with van der Waals surface area (Å²) in [5.74, 6) is 1.24. The molecule has 0 bridgehead atoms. The minimum absolute atomic E-state index is 0.159. The quantitative estimate of drug-likeness (QED) is 0.716. The lowest BCUT2D eigenvalue weighted by Gasteiger charge is -2.26. The zero-order valence-electron chi connectivity index (χ0n) is 12.6. The Morgan fingerprint density at radius 1 is 1.16 bits per heavy atom. The van der Waals surface area contributed by atoms with Crippen LogP contribution < -0.4 is 5.32 Å². The van der Waals surface area contributed by atoms with Gasteiger partial charge in [-0.05, 0) is 31.1 Å². The normalized spacial score (nSPS) is 18.7. The Bertz CT molecular complexity index is 257. The maximum absolute atomic E-state index is 12.2. The van der Waals surface area contributed by atoms with Crippen LogP contribution in [0.25, 0.3) is 0 Å². The first-order chi connectivity index (χ1) is 9.05. The van der Waals surface area contributed by atoms with Gasteiger partial charge in [-0.1, -0.05) is 46.0 Å². The predicted molar refractivity (Wildman–Crippen MR) is 82.6 cm³/mol. The van der Waals surface area contributed by atoms with Crippen molar-refractivity contribution in [2.45, 2.75) is 71.6 Å². The first-order valence-corrected chi connectivity index (χ1v) is 8.42. The molecular formula is C16H30ClNO. The summed E-state index contributed by atoms with van der Waals surface area (Å²) in [6.07, 6.45) is 10.6. The number of nitrogens with one attached hydrogen (secondary N) is 1. The van der Waals surface area contributed by atoms with Gasteiger partial charge in [-0.15, -0.1) is 11.6 Å². The lowest BCUT2D eigenvalue weighted by atomic mass is 9.87. The highest BCUT2D eigenvalue weighted by Gasteiger charge is 2.22. The molecule has 0 unspecified atom stereocenters. The van der Waals surface area contributed by atoms with E-state index in [-0.39, 0.29) is 17.2 Å². The molecule has 1 fully saturated rings. The molecule has 1 amide bonds. The number of alkyl halides is 1. The van der Waals surface area contributed by atoms with Crippen LogP contribution in [0.15, 0.2) is 0 Å². The Morgan fingerprint density at radius 3 is 2.32 bits per heavy atom. The molecule has 1 N–H and O–H groups in total. The van der Waals surface area contributed by atoms with E-state index in [0.29, 0.717) is 5.88 Å². The molecule has 0 aromatic rings. The molecule has 3 heteroatoms. The van der Waals surface area contributed by atoms with E-state index in [4.69, 9.17) is 11.6 Å². The molecule has 0 atom stereocenters. The predicted octanol–water partition coefficient (Wildman–Crippen LogP) is 4.51. The first kappa shape index (κ1) is 16.8. The maximum Gasteiger partial charge on any atom is 0.223 e. The average Bonchev–Trinajstić information content (AvgIpc) is 2.33. The number of carbonyl (C=O) groups excluding carboxylic acids is 1. The lowest BCUT2D eigenvalue weighted by Crippen LogP contribution is -2.38. The minimum Gasteiger partial charge on any atom is -0.355 e. The Labute approximate surface area is 123 Å². The third kappa shape index (κ3) is 7.20. The third-order valence-electron chi connectivity index (χ3n) is 4.20. The number of hydrogen-bond donors (Lipinski definition) is 1. The van der Waals surface area contributed by atoms with Gasteiger partial charge >= 0.3 is 0 Å². The molecule has 1 rings (SSSR count). The second-order valence-electron chi connectivity index (χ2n) is 6.72. The Balaban J connectivity index is 2.32. The summed E-state index contributed by atoms with van der Waals surface area (Å²) in [5, 5.41) is 3.17. The van der Waals surface area contributed by atoms with E-state index in [0.717, 1.165) is 32.2 Å². The summed E-state index contributed by atoms with van der Waals surface area (Å²) in [5.41, 5.74) is 0.159. The smallest absolute Gasteiger partial charge is 0.223 e. The van der Waals surface area contributed by atoms with E-state index in [2.05, 4.69) is 19.2 Å². The standard InChI is InChI=1S/C16H30ClNO/c1-16(2,11-8-12-17)13-18-15(19)14-9-6-4-3-5-7-10-14/h14H,3-13H2,1-2H3,(H,18,19). The molecule has 19 heavy (non-hydrogen) atoms. The lowest BCUT2D eigenvalue weighted by molar-refractivity contribution is -0.126. The van der Waals surface area contributed by atoms with Crippen molar-refractivity contribution >= 4 is 17.5 Å². The van der Waals surface area contributed by atoms with E-state index in [1.54, 1.807) is 0 Å². The van der Waals surface area contributed by atoms with Gasteiger partial charge in [0.1, 0.15) is 0 Å². The van der Waals surface area contributed by atoms with Crippen molar-refractivity contribution in [1.29, 1.82) is 0 Å². The Kier molecular flexibility index (Phi) is 7.82. The monoisotopic (exact) mass is 287 g/mol. The van der Waals surface area contributed by atoms with Crippen LogP contribution in [-0.4, -0.2) is 18.3 Å². The molecule has 0 aromatic carbocycles. The van der Waals surface area contributed by atoms with Crippen molar-refractivity contribution in [1.82, 2.24) is 5.32 Å². The molecule has 0 radical (unpaired) electrons. The molecule has 1 aliphatic carbocycles. The maximum atomic E-state index is 12.2. The van der Waals surface area contributed by atoms with E-state index < -0.39 is 0 Å². The molecule has 0 aromatic heterocycles. The fourth-order valence-corrected chi connectivity index (χ4v) is 2.96. The highest BCUT2D eigenvalue weighted by molar-refractivity contribution is 6.17. The van der Waals surface area contributed by atoms with Gasteiger partial charge in [0.2, 0.25) is 5.91 Å². The molecule has 2 nitrogen and oxygen atoms in total. The Hall–Kier alpha value is -0.240. The fraction of sp³-hybridized carbons (Fsp3) is 0.938. The molecule has 112 valence electrons. The second kappa shape index (κ2) is 8.84. The van der Waals surface area contributed by atoms with Crippen LogP contribution in [-0.2, 0) is 4.79 Å². The minimum atomic E-state index is 0.159. The van der Waals surface area contributed by atoms with Gasteiger partial charge in [0.15, 0.2) is 0 Å². The zero-order chi connectivity index (χ0) is 14.1. The van der Waals surface area contributed by atoms with E-state index >= 15 is 0 Å². The van der Waals surface area contributed by atoms with Gasteiger partial charge in [0.25, 0.3) is 0 Å². The number of hydrogen-bond acceptors (Lipinski definition) is 1. The molecule has 1 aliphatic rings. The summed E-state index contributed by atoms with van der Waals surface area (Å²) >= 11 is 5.74. The van der Waals surface area contributed by atoms with Gasteiger partial charge in [-0.3, -0.25) is 4.79 Å². The zero-order valence-corrected chi connectivity index (χ0v) is 13.4. The summed E-state index contributed by atoms with van der Waals surface area (Å²) in [7, 11) is 0. The number of rotatable bonds is 6. The average molecular weight is 288 g/mol. The second-order valence-corrected chi connectivity index (χ2v) is 7.09. The van der Waals surface area contributed by atoms with Crippen molar-refractivity contribution in [3.63, 3.8) is 0 Å². The summed E-state index contributed by atoms with van der Waals surface area (Å²) in [4.78, 5) is 12.2. The van der Waals surface area contributed by atoms with Crippen LogP contribution in [0.4, 0.5) is 0 Å². The molecule has 0 spiro atoms. The number of amides is 1. The molecule has 1 saturated carbocycles. The number of halogens is 1. The summed E-state index contributed by atoms with van der Waals surface area (Å²) in [6.45, 7) is 5.19. The molecule has 0 heterocycles. The van der Waals surface area contributed by atoms with Gasteiger partial charge in [0, 0.05) is 18.3 Å². The summed E-state index contributed by atoms with van der Waals surface area (Å²) < 4.78 is 0. The van der Waals surface area contributed by atoms with Crippen LogP contribution in [0.5, 0.6) is 0 Å². The van der Waals surface area contributed by atoms with Crippen LogP contribution >= 0.6 is 11.6 Å². The SMILES string of the molecule is CC(C)(CCCCl)CNC(=O)C1CCCCCCC1. The van der Waals surface area contributed by atoms with Crippen LogP contribution in [0, 0.1) is 11.3 Å². The largest absolute Gasteiger partial charge is 0.355 e. The van der Waals surface area contributed by atoms with Gasteiger partial charge in [-0.2, -0.15) is 0 Å². The van der Waals surface area contributed by atoms with Gasteiger partial charge < -0.3 is 5.32 Å². The van der Waals surface area contributed by atoms with E-state index in [9.17, 15) is 4.79 Å². The highest BCUT2D eigenvalue weighted by atomic mass is 35.5. The van der Waals surface area contributed by atoms with Gasteiger partial charge in [0.05, 0.1) is 0 Å². The van der Waals surface area contributed by atoms with Crippen molar-refractivity contribution in [2.24, 2.45) is 11.3 Å². The Morgan fingerprint density at radius 2 is 1.74 bits per heavy atom. The van der Waals surface area contributed by atoms with E-state index in [1.807, 2.05) is 0 Å². The van der Waals surface area contributed by atoms with E-state index in [1.165, 1.54) is 32.1 Å². The van der Waals surface area contributed by atoms with Gasteiger partial charge in [-0.25, -0.2) is 0 Å². The molecular weight excluding hydrogens is 258 g/mol. The number of carbonyl (C=O) groups is 1. The molecule has 0 aliphatic heterocycles. The molecule has 0 saturated heterocycles. The van der Waals surface area contributed by atoms with Crippen molar-refractivity contribution in [3.05, 3.63) is 0 Å². The third-order valence-corrected chi connectivity index (χ3v) is 4.47. The van der Waals surface area contributed by atoms with Crippen LogP contribution in [0.2, 0.25) is 0 Å². The first-order valence-electron chi connectivity index (χ1n) is 7.89. The fourth-order valence-electron chi connectivity index (χ4n) is 2.82. The van der Waals surface area contributed by atoms with Crippen LogP contribution in [0.3, 0.4) is 0 Å². The van der Waals surface area contributed by atoms with Crippen molar-refractivity contribution in [3.8, 4) is 0 Å². The van der Waals surface area contributed by atoms with Crippen molar-refractivity contribution in [2.75, 3.05) is 12.4 Å². The summed E-state index contributed by atoms with van der Waals surface area (Å²) in [6, 6.07) is 0. The van der Waals surface area contributed by atoms with Crippen molar-refractivity contribution < 1.29 is 4.79 Å². The highest BCUT2D eigenvalue weighted by Crippen LogP contribution is 2.24.